The summed E-state index contributed by atoms with van der Waals surface area (Å²) < 4.78 is 0. The highest BCUT2D eigenvalue weighted by Gasteiger charge is 2.37. The van der Waals surface area contributed by atoms with Crippen molar-refractivity contribution >= 4 is 11.6 Å². The molecule has 4 nitrogen and oxygen atoms in total. The van der Waals surface area contributed by atoms with Gasteiger partial charge in [0, 0.05) is 0 Å². The lowest BCUT2D eigenvalue weighted by Crippen LogP contribution is -2.36. The smallest absolute Gasteiger partial charge is 0.251 e. The summed E-state index contributed by atoms with van der Waals surface area (Å²) in [7, 11) is 0. The standard InChI is InChI=1S/C15H27N3O/c1-2-7-14-13(10-11-16)15(19)18(17-14)12-8-5-3-4-6-9-12/h12-13H,2-11,16H2,1H3. The van der Waals surface area contributed by atoms with Gasteiger partial charge in [-0.05, 0) is 32.2 Å². The van der Waals surface area contributed by atoms with E-state index in [2.05, 4.69) is 12.0 Å². The second-order valence-electron chi connectivity index (χ2n) is 5.80. The summed E-state index contributed by atoms with van der Waals surface area (Å²) in [5, 5.41) is 6.49. The van der Waals surface area contributed by atoms with Gasteiger partial charge in [0.25, 0.3) is 5.91 Å². The van der Waals surface area contributed by atoms with Gasteiger partial charge >= 0.3 is 0 Å². The first-order valence-electron chi connectivity index (χ1n) is 7.88. The number of carbonyl (C=O) groups is 1. The number of hydrogen-bond acceptors (Lipinski definition) is 3. The van der Waals surface area contributed by atoms with Gasteiger partial charge in [0.1, 0.15) is 0 Å². The Bertz CT molecular complexity index is 332. The highest BCUT2D eigenvalue weighted by Crippen LogP contribution is 2.29. The Morgan fingerprint density at radius 3 is 2.53 bits per heavy atom. The van der Waals surface area contributed by atoms with Crippen LogP contribution >= 0.6 is 0 Å². The van der Waals surface area contributed by atoms with Gasteiger partial charge in [0.05, 0.1) is 17.7 Å². The minimum Gasteiger partial charge on any atom is -0.330 e. The molecule has 0 aromatic carbocycles. The van der Waals surface area contributed by atoms with Crippen molar-refractivity contribution in [2.45, 2.75) is 70.8 Å². The number of hydrogen-bond donors (Lipinski definition) is 1. The fraction of sp³-hybridized carbons (Fsp3) is 0.867. The predicted molar refractivity (Wildman–Crippen MR) is 77.8 cm³/mol. The second kappa shape index (κ2) is 7.04. The zero-order valence-electron chi connectivity index (χ0n) is 12.1. The zero-order chi connectivity index (χ0) is 13.7. The third-order valence-corrected chi connectivity index (χ3v) is 4.29. The van der Waals surface area contributed by atoms with Crippen molar-refractivity contribution in [2.24, 2.45) is 16.8 Å². The van der Waals surface area contributed by atoms with Crippen molar-refractivity contribution in [1.29, 1.82) is 0 Å². The zero-order valence-corrected chi connectivity index (χ0v) is 12.1. The molecule has 0 aromatic heterocycles. The first kappa shape index (κ1) is 14.5. The second-order valence-corrected chi connectivity index (χ2v) is 5.80. The molecule has 1 saturated carbocycles. The van der Waals surface area contributed by atoms with Crippen molar-refractivity contribution in [2.75, 3.05) is 6.54 Å². The molecule has 2 rings (SSSR count). The number of hydrazone groups is 1. The minimum atomic E-state index is -0.0341. The predicted octanol–water partition coefficient (Wildman–Crippen LogP) is 2.67. The summed E-state index contributed by atoms with van der Waals surface area (Å²) in [5.74, 6) is 0.175. The van der Waals surface area contributed by atoms with Crippen LogP contribution in [-0.4, -0.2) is 29.2 Å². The monoisotopic (exact) mass is 265 g/mol. The van der Waals surface area contributed by atoms with Crippen LogP contribution in [0.1, 0.15) is 64.7 Å². The number of rotatable bonds is 5. The van der Waals surface area contributed by atoms with Crippen LogP contribution in [0.15, 0.2) is 5.10 Å². The molecule has 108 valence electrons. The topological polar surface area (TPSA) is 58.7 Å². The molecule has 19 heavy (non-hydrogen) atoms. The Hall–Kier alpha value is -0.900. The van der Waals surface area contributed by atoms with Crippen LogP contribution in [0.3, 0.4) is 0 Å². The minimum absolute atomic E-state index is 0.0341. The molecule has 4 heteroatoms. The molecular formula is C15H27N3O. The number of nitrogens with two attached hydrogens (primary N) is 1. The number of carbonyl (C=O) groups excluding carboxylic acids is 1. The largest absolute Gasteiger partial charge is 0.330 e. The van der Waals surface area contributed by atoms with Crippen LogP contribution in [0.4, 0.5) is 0 Å². The van der Waals surface area contributed by atoms with E-state index in [-0.39, 0.29) is 11.8 Å². The highest BCUT2D eigenvalue weighted by atomic mass is 16.2. The molecule has 1 amide bonds. The van der Waals surface area contributed by atoms with Crippen molar-refractivity contribution in [3.8, 4) is 0 Å². The van der Waals surface area contributed by atoms with E-state index in [0.717, 1.165) is 37.8 Å². The van der Waals surface area contributed by atoms with Gasteiger partial charge in [0.2, 0.25) is 0 Å². The molecule has 0 aromatic rings. The molecule has 1 atom stereocenters. The van der Waals surface area contributed by atoms with E-state index in [1.807, 2.05) is 5.01 Å². The normalized spacial score (nSPS) is 25.6. The first-order chi connectivity index (χ1) is 9.27. The fourth-order valence-electron chi connectivity index (χ4n) is 3.26. The molecule has 2 N–H and O–H groups in total. The van der Waals surface area contributed by atoms with E-state index in [1.54, 1.807) is 0 Å². The van der Waals surface area contributed by atoms with Crippen LogP contribution in [0, 0.1) is 5.92 Å². The van der Waals surface area contributed by atoms with E-state index >= 15 is 0 Å². The summed E-state index contributed by atoms with van der Waals surface area (Å²) in [5.41, 5.74) is 6.72. The molecule has 2 aliphatic rings. The van der Waals surface area contributed by atoms with Gasteiger partial charge in [-0.1, -0.05) is 39.0 Å². The van der Waals surface area contributed by atoms with Crippen LogP contribution in [-0.2, 0) is 4.79 Å². The van der Waals surface area contributed by atoms with E-state index in [0.29, 0.717) is 12.6 Å². The van der Waals surface area contributed by atoms with Crippen LogP contribution < -0.4 is 5.73 Å². The average molecular weight is 265 g/mol. The Labute approximate surface area is 116 Å². The molecule has 0 bridgehead atoms. The fourth-order valence-corrected chi connectivity index (χ4v) is 3.26. The van der Waals surface area contributed by atoms with Crippen molar-refractivity contribution in [1.82, 2.24) is 5.01 Å². The van der Waals surface area contributed by atoms with Gasteiger partial charge in [-0.2, -0.15) is 5.10 Å². The van der Waals surface area contributed by atoms with Crippen molar-refractivity contribution in [3.05, 3.63) is 0 Å². The lowest BCUT2D eigenvalue weighted by atomic mass is 9.96. The molecule has 1 unspecified atom stereocenters. The molecule has 1 heterocycles. The summed E-state index contributed by atoms with van der Waals surface area (Å²) in [6.45, 7) is 2.71. The van der Waals surface area contributed by atoms with Crippen LogP contribution in [0.25, 0.3) is 0 Å². The van der Waals surface area contributed by atoms with Crippen LogP contribution in [0.5, 0.6) is 0 Å². The molecule has 0 radical (unpaired) electrons. The maximum atomic E-state index is 12.5. The van der Waals surface area contributed by atoms with Gasteiger partial charge in [-0.3, -0.25) is 4.79 Å². The molecule has 1 fully saturated rings. The molecule has 0 saturated heterocycles. The highest BCUT2D eigenvalue weighted by molar-refractivity contribution is 6.08. The molecule has 1 aliphatic carbocycles. The number of amides is 1. The lowest BCUT2D eigenvalue weighted by molar-refractivity contribution is -0.134. The molecule has 0 spiro atoms. The Kier molecular flexibility index (Phi) is 5.37. The van der Waals surface area contributed by atoms with Crippen molar-refractivity contribution < 1.29 is 4.79 Å². The van der Waals surface area contributed by atoms with Gasteiger partial charge in [0.15, 0.2) is 0 Å². The third kappa shape index (κ3) is 3.35. The average Bonchev–Trinajstić information content (AvgIpc) is 2.62. The lowest BCUT2D eigenvalue weighted by Gasteiger charge is -2.24. The van der Waals surface area contributed by atoms with E-state index in [9.17, 15) is 4.79 Å². The van der Waals surface area contributed by atoms with Crippen LogP contribution in [0.2, 0.25) is 0 Å². The van der Waals surface area contributed by atoms with Gasteiger partial charge in [-0.15, -0.1) is 0 Å². The Morgan fingerprint density at radius 2 is 1.95 bits per heavy atom. The van der Waals surface area contributed by atoms with E-state index in [1.165, 1.54) is 25.7 Å². The Balaban J connectivity index is 2.09. The Morgan fingerprint density at radius 1 is 1.26 bits per heavy atom. The SMILES string of the molecule is CCCC1=NN(C2CCCCCC2)C(=O)C1CCN. The van der Waals surface area contributed by atoms with E-state index < -0.39 is 0 Å². The quantitative estimate of drug-likeness (QED) is 0.777. The summed E-state index contributed by atoms with van der Waals surface area (Å²) in [4.78, 5) is 12.5. The first-order valence-corrected chi connectivity index (χ1v) is 7.88. The summed E-state index contributed by atoms with van der Waals surface area (Å²) in [6.07, 6.45) is 10.0. The molecular weight excluding hydrogens is 238 g/mol. The maximum absolute atomic E-state index is 12.5. The van der Waals surface area contributed by atoms with Crippen molar-refractivity contribution in [3.63, 3.8) is 0 Å². The maximum Gasteiger partial charge on any atom is 0.251 e. The van der Waals surface area contributed by atoms with Gasteiger partial charge < -0.3 is 5.73 Å². The van der Waals surface area contributed by atoms with Gasteiger partial charge in [-0.25, -0.2) is 5.01 Å². The summed E-state index contributed by atoms with van der Waals surface area (Å²) in [6, 6.07) is 0.338. The van der Waals surface area contributed by atoms with E-state index in [4.69, 9.17) is 5.73 Å². The number of nitrogens with zero attached hydrogens (tertiary/aromatic N) is 2. The summed E-state index contributed by atoms with van der Waals surface area (Å²) >= 11 is 0. The third-order valence-electron chi connectivity index (χ3n) is 4.29. The molecule has 1 aliphatic heterocycles.